The SMILES string of the molecule is c1ccc(-c2cccc(-c3ccc(N(c4ccccc4)c4ccc(-n5c6ccccc6c6cc7ccccc7cc65)cc4)cc3)c2)cc1. The van der Waals surface area contributed by atoms with Crippen molar-refractivity contribution < 1.29 is 0 Å². The van der Waals surface area contributed by atoms with Crippen LogP contribution in [0.15, 0.2) is 194 Å². The van der Waals surface area contributed by atoms with E-state index in [1.165, 1.54) is 54.8 Å². The molecule has 0 aliphatic heterocycles. The Morgan fingerprint density at radius 3 is 1.54 bits per heavy atom. The van der Waals surface area contributed by atoms with Gasteiger partial charge in [0, 0.05) is 33.5 Å². The van der Waals surface area contributed by atoms with E-state index in [-0.39, 0.29) is 0 Å². The Balaban J connectivity index is 1.11. The Morgan fingerprint density at radius 2 is 0.833 bits per heavy atom. The molecule has 0 aliphatic carbocycles. The van der Waals surface area contributed by atoms with Crippen LogP contribution in [0, 0.1) is 0 Å². The lowest BCUT2D eigenvalue weighted by molar-refractivity contribution is 1.17. The van der Waals surface area contributed by atoms with E-state index < -0.39 is 0 Å². The van der Waals surface area contributed by atoms with Gasteiger partial charge < -0.3 is 9.47 Å². The lowest BCUT2D eigenvalue weighted by Crippen LogP contribution is -2.10. The van der Waals surface area contributed by atoms with Crippen LogP contribution in [-0.4, -0.2) is 4.57 Å². The van der Waals surface area contributed by atoms with Crippen LogP contribution in [0.5, 0.6) is 0 Å². The number of hydrogen-bond acceptors (Lipinski definition) is 1. The summed E-state index contributed by atoms with van der Waals surface area (Å²) in [5, 5.41) is 5.05. The maximum Gasteiger partial charge on any atom is 0.0547 e. The minimum atomic E-state index is 1.11. The Bertz CT molecular complexity index is 2530. The maximum atomic E-state index is 2.39. The molecule has 0 unspecified atom stereocenters. The first-order valence-corrected chi connectivity index (χ1v) is 16.4. The highest BCUT2D eigenvalue weighted by Gasteiger charge is 2.16. The average Bonchev–Trinajstić information content (AvgIpc) is 3.48. The summed E-state index contributed by atoms with van der Waals surface area (Å²) < 4.78 is 2.39. The van der Waals surface area contributed by atoms with Gasteiger partial charge in [0.05, 0.1) is 11.0 Å². The quantitative estimate of drug-likeness (QED) is 0.181. The van der Waals surface area contributed by atoms with E-state index in [4.69, 9.17) is 0 Å². The predicted octanol–water partition coefficient (Wildman–Crippen LogP) is 12.7. The highest BCUT2D eigenvalue weighted by Crippen LogP contribution is 2.38. The smallest absolute Gasteiger partial charge is 0.0547 e. The summed E-state index contributed by atoms with van der Waals surface area (Å²) >= 11 is 0. The summed E-state index contributed by atoms with van der Waals surface area (Å²) in [6.07, 6.45) is 0. The number of anilines is 3. The molecule has 1 aromatic heterocycles. The van der Waals surface area contributed by atoms with Crippen LogP contribution < -0.4 is 4.90 Å². The van der Waals surface area contributed by atoms with Crippen molar-refractivity contribution in [2.24, 2.45) is 0 Å². The molecule has 0 saturated carbocycles. The number of rotatable bonds is 6. The highest BCUT2D eigenvalue weighted by atomic mass is 15.1. The van der Waals surface area contributed by atoms with E-state index in [2.05, 4.69) is 204 Å². The van der Waals surface area contributed by atoms with E-state index in [1.807, 2.05) is 0 Å². The third kappa shape index (κ3) is 4.92. The van der Waals surface area contributed by atoms with Crippen LogP contribution in [0.1, 0.15) is 0 Å². The second-order valence-corrected chi connectivity index (χ2v) is 12.3. The molecule has 0 N–H and O–H groups in total. The van der Waals surface area contributed by atoms with Crippen molar-refractivity contribution in [2.75, 3.05) is 4.90 Å². The molecular weight excluding hydrogens is 581 g/mol. The van der Waals surface area contributed by atoms with E-state index in [9.17, 15) is 0 Å². The van der Waals surface area contributed by atoms with Crippen molar-refractivity contribution in [3.8, 4) is 27.9 Å². The molecule has 0 aliphatic rings. The normalized spacial score (nSPS) is 11.3. The van der Waals surface area contributed by atoms with Crippen molar-refractivity contribution in [1.82, 2.24) is 4.57 Å². The van der Waals surface area contributed by atoms with Gasteiger partial charge >= 0.3 is 0 Å². The number of nitrogens with zero attached hydrogens (tertiary/aromatic N) is 2. The number of para-hydroxylation sites is 2. The zero-order valence-corrected chi connectivity index (χ0v) is 26.4. The van der Waals surface area contributed by atoms with Crippen LogP contribution in [0.25, 0.3) is 60.5 Å². The van der Waals surface area contributed by atoms with Crippen LogP contribution >= 0.6 is 0 Å². The first kappa shape index (κ1) is 27.9. The highest BCUT2D eigenvalue weighted by molar-refractivity contribution is 6.13. The molecule has 0 fully saturated rings. The molecule has 0 bridgehead atoms. The van der Waals surface area contributed by atoms with Crippen molar-refractivity contribution >= 4 is 49.6 Å². The molecule has 48 heavy (non-hydrogen) atoms. The van der Waals surface area contributed by atoms with E-state index in [0.29, 0.717) is 0 Å². The molecule has 0 amide bonds. The Labute approximate surface area is 280 Å². The fraction of sp³-hybridized carbons (Fsp3) is 0. The third-order valence-electron chi connectivity index (χ3n) is 9.35. The summed E-state index contributed by atoms with van der Waals surface area (Å²) in [5.41, 5.74) is 11.8. The van der Waals surface area contributed by atoms with Crippen molar-refractivity contribution in [2.45, 2.75) is 0 Å². The van der Waals surface area contributed by atoms with E-state index in [0.717, 1.165) is 22.7 Å². The fourth-order valence-electron chi connectivity index (χ4n) is 7.02. The van der Waals surface area contributed by atoms with Gasteiger partial charge in [0.2, 0.25) is 0 Å². The van der Waals surface area contributed by atoms with Crippen LogP contribution in [0.4, 0.5) is 17.1 Å². The topological polar surface area (TPSA) is 8.17 Å². The summed E-state index contributed by atoms with van der Waals surface area (Å²) in [4.78, 5) is 2.33. The number of hydrogen-bond donors (Lipinski definition) is 0. The summed E-state index contributed by atoms with van der Waals surface area (Å²) in [7, 11) is 0. The molecule has 0 atom stereocenters. The zero-order chi connectivity index (χ0) is 31.9. The van der Waals surface area contributed by atoms with Crippen LogP contribution in [-0.2, 0) is 0 Å². The average molecular weight is 613 g/mol. The van der Waals surface area contributed by atoms with Gasteiger partial charge in [0.15, 0.2) is 0 Å². The summed E-state index contributed by atoms with van der Waals surface area (Å²) in [6, 6.07) is 69.8. The van der Waals surface area contributed by atoms with Crippen LogP contribution in [0.2, 0.25) is 0 Å². The monoisotopic (exact) mass is 612 g/mol. The van der Waals surface area contributed by atoms with Gasteiger partial charge in [-0.25, -0.2) is 0 Å². The lowest BCUT2D eigenvalue weighted by Gasteiger charge is -2.26. The molecular formula is C46H32N2. The Hall–Kier alpha value is -6.38. The van der Waals surface area contributed by atoms with Gasteiger partial charge in [0.1, 0.15) is 0 Å². The van der Waals surface area contributed by atoms with E-state index in [1.54, 1.807) is 0 Å². The first-order valence-electron chi connectivity index (χ1n) is 16.4. The molecule has 0 spiro atoms. The first-order chi connectivity index (χ1) is 23.8. The molecule has 0 radical (unpaired) electrons. The standard InChI is InChI=1S/C46H32N2/c1-3-12-33(13-4-1)35-16-11-17-36(30-35)34-22-24-40(25-23-34)47(39-18-5-2-6-19-39)41-26-28-42(29-27-41)48-45-21-10-9-20-43(45)44-31-37-14-7-8-15-38(37)32-46(44)48/h1-32H. The lowest BCUT2D eigenvalue weighted by atomic mass is 9.99. The number of benzene rings is 8. The molecule has 1 heterocycles. The zero-order valence-electron chi connectivity index (χ0n) is 26.4. The molecule has 0 saturated heterocycles. The van der Waals surface area contributed by atoms with Gasteiger partial charge in [-0.05, 0) is 106 Å². The summed E-state index contributed by atoms with van der Waals surface area (Å²) in [6.45, 7) is 0. The maximum absolute atomic E-state index is 2.39. The van der Waals surface area contributed by atoms with Gasteiger partial charge in [0.25, 0.3) is 0 Å². The molecule has 226 valence electrons. The largest absolute Gasteiger partial charge is 0.311 e. The fourth-order valence-corrected chi connectivity index (χ4v) is 7.02. The molecule has 2 heteroatoms. The van der Waals surface area contributed by atoms with Gasteiger partial charge in [-0.2, -0.15) is 0 Å². The van der Waals surface area contributed by atoms with Gasteiger partial charge in [-0.1, -0.05) is 121 Å². The Kier molecular flexibility index (Phi) is 6.84. The minimum Gasteiger partial charge on any atom is -0.311 e. The van der Waals surface area contributed by atoms with Gasteiger partial charge in [-0.15, -0.1) is 0 Å². The summed E-state index contributed by atoms with van der Waals surface area (Å²) in [5.74, 6) is 0. The second-order valence-electron chi connectivity index (χ2n) is 12.3. The second kappa shape index (κ2) is 11.8. The van der Waals surface area contributed by atoms with Crippen LogP contribution in [0.3, 0.4) is 0 Å². The van der Waals surface area contributed by atoms with Gasteiger partial charge in [-0.3, -0.25) is 0 Å². The minimum absolute atomic E-state index is 1.11. The molecule has 9 aromatic rings. The third-order valence-corrected chi connectivity index (χ3v) is 9.35. The Morgan fingerprint density at radius 1 is 0.312 bits per heavy atom. The molecule has 8 aromatic carbocycles. The number of aromatic nitrogens is 1. The molecule has 2 nitrogen and oxygen atoms in total. The van der Waals surface area contributed by atoms with Crippen molar-refractivity contribution in [1.29, 1.82) is 0 Å². The van der Waals surface area contributed by atoms with Crippen molar-refractivity contribution in [3.05, 3.63) is 194 Å². The van der Waals surface area contributed by atoms with Crippen molar-refractivity contribution in [3.63, 3.8) is 0 Å². The number of fused-ring (bicyclic) bond motifs is 4. The predicted molar refractivity (Wildman–Crippen MR) is 204 cm³/mol. The van der Waals surface area contributed by atoms with E-state index >= 15 is 0 Å². The molecule has 9 rings (SSSR count).